The Labute approximate surface area is 105 Å². The lowest BCUT2D eigenvalue weighted by Crippen LogP contribution is -2.10. The highest BCUT2D eigenvalue weighted by atomic mass is 35.5. The monoisotopic (exact) mass is 253 g/mol. The van der Waals surface area contributed by atoms with Gasteiger partial charge in [-0.25, -0.2) is 4.79 Å². The van der Waals surface area contributed by atoms with Crippen molar-refractivity contribution < 1.29 is 14.3 Å². The molecule has 0 radical (unpaired) electrons. The minimum absolute atomic E-state index is 0.134. The predicted molar refractivity (Wildman–Crippen MR) is 63.2 cm³/mol. The van der Waals surface area contributed by atoms with Gasteiger partial charge in [0.2, 0.25) is 0 Å². The first-order valence-electron chi connectivity index (χ1n) is 5.02. The highest BCUT2D eigenvalue weighted by Gasteiger charge is 2.21. The van der Waals surface area contributed by atoms with Crippen molar-refractivity contribution in [3.8, 4) is 11.8 Å². The fourth-order valence-corrected chi connectivity index (χ4v) is 1.67. The lowest BCUT2D eigenvalue weighted by molar-refractivity contribution is 0.0522. The van der Waals surface area contributed by atoms with Gasteiger partial charge >= 0.3 is 5.97 Å². The summed E-state index contributed by atoms with van der Waals surface area (Å²) in [6.07, 6.45) is 0. The summed E-state index contributed by atoms with van der Waals surface area (Å²) in [5.41, 5.74) is 1.00. The smallest absolute Gasteiger partial charge is 0.343 e. The second kappa shape index (κ2) is 6.12. The number of alkyl halides is 1. The van der Waals surface area contributed by atoms with Crippen molar-refractivity contribution >= 4 is 17.6 Å². The lowest BCUT2D eigenvalue weighted by Gasteiger charge is -2.12. The molecule has 0 aliphatic rings. The number of carbonyl (C=O) groups is 1. The van der Waals surface area contributed by atoms with Crippen molar-refractivity contribution in [2.24, 2.45) is 0 Å². The Morgan fingerprint density at radius 1 is 1.53 bits per heavy atom. The van der Waals surface area contributed by atoms with Gasteiger partial charge in [0.1, 0.15) is 17.4 Å². The third-order valence-corrected chi connectivity index (χ3v) is 2.48. The van der Waals surface area contributed by atoms with E-state index in [2.05, 4.69) is 0 Å². The molecule has 0 fully saturated rings. The quantitative estimate of drug-likeness (QED) is 0.611. The molecule has 0 saturated carbocycles. The molecule has 0 spiro atoms. The molecule has 5 heteroatoms. The summed E-state index contributed by atoms with van der Waals surface area (Å²) >= 11 is 5.75. The maximum absolute atomic E-state index is 11.8. The summed E-state index contributed by atoms with van der Waals surface area (Å²) in [5, 5.41) is 8.97. The normalized spacial score (nSPS) is 9.53. The number of nitriles is 1. The van der Waals surface area contributed by atoms with Crippen LogP contribution in [-0.2, 0) is 10.6 Å². The molecule has 0 aromatic heterocycles. The van der Waals surface area contributed by atoms with Crippen LogP contribution in [-0.4, -0.2) is 19.7 Å². The predicted octanol–water partition coefficient (Wildman–Crippen LogP) is 2.48. The van der Waals surface area contributed by atoms with Crippen LogP contribution in [0.3, 0.4) is 0 Å². The van der Waals surface area contributed by atoms with Crippen LogP contribution in [0.15, 0.2) is 12.1 Å². The first-order chi connectivity index (χ1) is 8.19. The molecule has 0 N–H and O–H groups in total. The topological polar surface area (TPSA) is 59.3 Å². The number of carbonyl (C=O) groups excluding carboxylic acids is 1. The van der Waals surface area contributed by atoms with E-state index in [4.69, 9.17) is 26.3 Å². The van der Waals surface area contributed by atoms with Gasteiger partial charge < -0.3 is 9.47 Å². The van der Waals surface area contributed by atoms with E-state index in [9.17, 15) is 4.79 Å². The van der Waals surface area contributed by atoms with Gasteiger partial charge in [0.25, 0.3) is 0 Å². The lowest BCUT2D eigenvalue weighted by atomic mass is 10.0. The van der Waals surface area contributed by atoms with E-state index in [1.54, 1.807) is 13.0 Å². The highest BCUT2D eigenvalue weighted by Crippen LogP contribution is 2.29. The van der Waals surface area contributed by atoms with Gasteiger partial charge in [0.05, 0.1) is 25.2 Å². The average Bonchev–Trinajstić information content (AvgIpc) is 2.36. The number of benzene rings is 1. The van der Waals surface area contributed by atoms with Gasteiger partial charge in [0, 0.05) is 5.56 Å². The molecule has 0 saturated heterocycles. The summed E-state index contributed by atoms with van der Waals surface area (Å²) in [6.45, 7) is 1.93. The van der Waals surface area contributed by atoms with Crippen LogP contribution in [0.2, 0.25) is 0 Å². The molecule has 0 unspecified atom stereocenters. The number of halogens is 1. The molecule has 1 rings (SSSR count). The molecule has 0 amide bonds. The molecule has 0 atom stereocenters. The van der Waals surface area contributed by atoms with E-state index in [0.717, 1.165) is 0 Å². The Morgan fingerprint density at radius 2 is 2.24 bits per heavy atom. The zero-order chi connectivity index (χ0) is 12.8. The number of esters is 1. The zero-order valence-corrected chi connectivity index (χ0v) is 10.4. The molecule has 4 nitrogen and oxygen atoms in total. The number of ether oxygens (including phenoxy) is 2. The van der Waals surface area contributed by atoms with E-state index in [1.807, 2.05) is 6.07 Å². The van der Waals surface area contributed by atoms with Crippen LogP contribution in [0.4, 0.5) is 0 Å². The Balaban J connectivity index is 3.41. The van der Waals surface area contributed by atoms with Crippen molar-refractivity contribution in [1.29, 1.82) is 5.26 Å². The van der Waals surface area contributed by atoms with E-state index in [0.29, 0.717) is 11.3 Å². The largest absolute Gasteiger partial charge is 0.495 e. The van der Waals surface area contributed by atoms with Crippen LogP contribution in [0.1, 0.15) is 28.4 Å². The van der Waals surface area contributed by atoms with Gasteiger partial charge in [-0.1, -0.05) is 6.07 Å². The standard InChI is InChI=1S/C12H12ClNO3/c1-3-17-12(15)10-9(7-14)5-4-8(6-13)11(10)16-2/h4-5H,3,6H2,1-2H3. The molecule has 90 valence electrons. The van der Waals surface area contributed by atoms with Crippen molar-refractivity contribution in [3.05, 3.63) is 28.8 Å². The van der Waals surface area contributed by atoms with Crippen LogP contribution in [0.25, 0.3) is 0 Å². The van der Waals surface area contributed by atoms with Gasteiger partial charge in [-0.2, -0.15) is 5.26 Å². The van der Waals surface area contributed by atoms with Gasteiger partial charge in [-0.15, -0.1) is 11.6 Å². The van der Waals surface area contributed by atoms with Crippen molar-refractivity contribution in [1.82, 2.24) is 0 Å². The third-order valence-electron chi connectivity index (χ3n) is 2.19. The Kier molecular flexibility index (Phi) is 4.80. The maximum atomic E-state index is 11.8. The second-order valence-corrected chi connectivity index (χ2v) is 3.41. The number of methoxy groups -OCH3 is 1. The summed E-state index contributed by atoms with van der Waals surface area (Å²) < 4.78 is 10.0. The Morgan fingerprint density at radius 3 is 2.71 bits per heavy atom. The Hall–Kier alpha value is -1.73. The van der Waals surface area contributed by atoms with E-state index in [-0.39, 0.29) is 23.6 Å². The van der Waals surface area contributed by atoms with Crippen molar-refractivity contribution in [3.63, 3.8) is 0 Å². The van der Waals surface area contributed by atoms with Gasteiger partial charge in [0.15, 0.2) is 0 Å². The molecule has 1 aromatic carbocycles. The summed E-state index contributed by atoms with van der Waals surface area (Å²) in [5.74, 6) is -0.0771. The van der Waals surface area contributed by atoms with E-state index >= 15 is 0 Å². The highest BCUT2D eigenvalue weighted by molar-refractivity contribution is 6.17. The number of nitrogens with zero attached hydrogens (tertiary/aromatic N) is 1. The molecule has 0 bridgehead atoms. The fourth-order valence-electron chi connectivity index (χ4n) is 1.46. The van der Waals surface area contributed by atoms with Crippen molar-refractivity contribution in [2.45, 2.75) is 12.8 Å². The van der Waals surface area contributed by atoms with E-state index < -0.39 is 5.97 Å². The molecule has 0 aliphatic heterocycles. The van der Waals surface area contributed by atoms with Crippen LogP contribution >= 0.6 is 11.6 Å². The van der Waals surface area contributed by atoms with Crippen LogP contribution in [0, 0.1) is 11.3 Å². The maximum Gasteiger partial charge on any atom is 0.343 e. The molecule has 1 aromatic rings. The summed E-state index contributed by atoms with van der Waals surface area (Å²) in [4.78, 5) is 11.8. The molecule has 0 aliphatic carbocycles. The number of hydrogen-bond donors (Lipinski definition) is 0. The summed E-state index contributed by atoms with van der Waals surface area (Å²) in [6, 6.07) is 5.13. The van der Waals surface area contributed by atoms with Crippen molar-refractivity contribution in [2.75, 3.05) is 13.7 Å². The summed E-state index contributed by atoms with van der Waals surface area (Å²) in [7, 11) is 1.43. The third kappa shape index (κ3) is 2.69. The first kappa shape index (κ1) is 13.3. The van der Waals surface area contributed by atoms with Crippen LogP contribution < -0.4 is 4.74 Å². The first-order valence-corrected chi connectivity index (χ1v) is 5.56. The number of rotatable bonds is 4. The second-order valence-electron chi connectivity index (χ2n) is 3.15. The van der Waals surface area contributed by atoms with Gasteiger partial charge in [-0.05, 0) is 13.0 Å². The molecule has 0 heterocycles. The molecular formula is C12H12ClNO3. The van der Waals surface area contributed by atoms with Gasteiger partial charge in [-0.3, -0.25) is 0 Å². The average molecular weight is 254 g/mol. The zero-order valence-electron chi connectivity index (χ0n) is 9.62. The van der Waals surface area contributed by atoms with Crippen LogP contribution in [0.5, 0.6) is 5.75 Å². The fraction of sp³-hybridized carbons (Fsp3) is 0.333. The Bertz CT molecular complexity index is 466. The minimum atomic E-state index is -0.576. The number of hydrogen-bond acceptors (Lipinski definition) is 4. The minimum Gasteiger partial charge on any atom is -0.495 e. The van der Waals surface area contributed by atoms with E-state index in [1.165, 1.54) is 13.2 Å². The SMILES string of the molecule is CCOC(=O)c1c(C#N)ccc(CCl)c1OC. The molecular weight excluding hydrogens is 242 g/mol. The molecule has 17 heavy (non-hydrogen) atoms.